The van der Waals surface area contributed by atoms with Gasteiger partial charge in [0.05, 0.1) is 22.8 Å². The summed E-state index contributed by atoms with van der Waals surface area (Å²) in [6.07, 6.45) is -1.21. The van der Waals surface area contributed by atoms with Crippen LogP contribution in [0.2, 0.25) is 0 Å². The van der Waals surface area contributed by atoms with Crippen LogP contribution in [0.1, 0.15) is 16.8 Å². The minimum atomic E-state index is -3.59. The third-order valence-corrected chi connectivity index (χ3v) is 4.87. The second-order valence-corrected chi connectivity index (χ2v) is 6.02. The van der Waals surface area contributed by atoms with Gasteiger partial charge in [-0.05, 0) is 30.7 Å². The van der Waals surface area contributed by atoms with E-state index in [2.05, 4.69) is 4.74 Å². The number of esters is 1. The maximum Gasteiger partial charge on any atom is 0.337 e. The highest BCUT2D eigenvalue weighted by atomic mass is 32.2. The lowest BCUT2D eigenvalue weighted by Crippen LogP contribution is -2.10. The van der Waals surface area contributed by atoms with Crippen molar-refractivity contribution in [2.75, 3.05) is 7.11 Å². The summed E-state index contributed by atoms with van der Waals surface area (Å²) >= 11 is 0. The quantitative estimate of drug-likeness (QED) is 0.768. The molecule has 1 aliphatic carbocycles. The number of hydrogen-bond acceptors (Lipinski definition) is 4. The molecule has 0 amide bonds. The van der Waals surface area contributed by atoms with E-state index in [1.807, 2.05) is 0 Å². The van der Waals surface area contributed by atoms with Crippen molar-refractivity contribution in [2.45, 2.75) is 22.7 Å². The number of ether oxygens (including phenoxy) is 1. The van der Waals surface area contributed by atoms with E-state index in [9.17, 15) is 17.6 Å². The van der Waals surface area contributed by atoms with Crippen molar-refractivity contribution in [1.82, 2.24) is 0 Å². The molecule has 0 spiro atoms. The van der Waals surface area contributed by atoms with Crippen molar-refractivity contribution in [1.29, 1.82) is 0 Å². The zero-order chi connectivity index (χ0) is 12.6. The Morgan fingerprint density at radius 1 is 1.35 bits per heavy atom. The van der Waals surface area contributed by atoms with E-state index in [0.717, 1.165) is 0 Å². The molecular weight excluding hydrogens is 247 g/mol. The van der Waals surface area contributed by atoms with Gasteiger partial charge in [-0.2, -0.15) is 0 Å². The van der Waals surface area contributed by atoms with Gasteiger partial charge in [0.2, 0.25) is 0 Å². The molecule has 0 saturated heterocycles. The van der Waals surface area contributed by atoms with Crippen LogP contribution in [0.15, 0.2) is 29.2 Å². The summed E-state index contributed by atoms with van der Waals surface area (Å²) in [5.41, 5.74) is 0.263. The molecule has 0 heterocycles. The summed E-state index contributed by atoms with van der Waals surface area (Å²) in [5, 5.41) is -0.925. The molecule has 17 heavy (non-hydrogen) atoms. The molecule has 0 N–H and O–H groups in total. The van der Waals surface area contributed by atoms with Crippen LogP contribution in [0.4, 0.5) is 4.39 Å². The van der Waals surface area contributed by atoms with Gasteiger partial charge in [0.15, 0.2) is 9.84 Å². The molecule has 1 aliphatic rings. The largest absolute Gasteiger partial charge is 0.465 e. The molecule has 2 rings (SSSR count). The van der Waals surface area contributed by atoms with Crippen LogP contribution < -0.4 is 0 Å². The third kappa shape index (κ3) is 2.17. The number of sulfone groups is 1. The van der Waals surface area contributed by atoms with Crippen molar-refractivity contribution < 1.29 is 22.3 Å². The number of carbonyl (C=O) groups is 1. The van der Waals surface area contributed by atoms with Crippen LogP contribution in [-0.4, -0.2) is 32.9 Å². The summed E-state index contributed by atoms with van der Waals surface area (Å²) in [7, 11) is -2.35. The Labute approximate surface area is 98.3 Å². The van der Waals surface area contributed by atoms with Crippen molar-refractivity contribution >= 4 is 15.8 Å². The molecule has 0 bridgehead atoms. The Morgan fingerprint density at radius 3 is 2.29 bits per heavy atom. The van der Waals surface area contributed by atoms with Gasteiger partial charge >= 0.3 is 5.97 Å². The van der Waals surface area contributed by atoms with Gasteiger partial charge in [0, 0.05) is 0 Å². The normalized spacial score (nSPS) is 23.2. The van der Waals surface area contributed by atoms with Gasteiger partial charge < -0.3 is 4.74 Å². The molecular formula is C11H11FO4S. The summed E-state index contributed by atoms with van der Waals surface area (Å²) in [6, 6.07) is 5.31. The van der Waals surface area contributed by atoms with E-state index in [0.29, 0.717) is 0 Å². The minimum absolute atomic E-state index is 0.0373. The van der Waals surface area contributed by atoms with Gasteiger partial charge in [-0.3, -0.25) is 0 Å². The topological polar surface area (TPSA) is 60.4 Å². The van der Waals surface area contributed by atoms with Crippen molar-refractivity contribution in [2.24, 2.45) is 0 Å². The molecule has 0 radical (unpaired) electrons. The predicted molar refractivity (Wildman–Crippen MR) is 58.3 cm³/mol. The first-order valence-corrected chi connectivity index (χ1v) is 6.58. The Balaban J connectivity index is 2.27. The fourth-order valence-corrected chi connectivity index (χ4v) is 3.23. The molecule has 1 aromatic rings. The summed E-state index contributed by atoms with van der Waals surface area (Å²) in [4.78, 5) is 11.2. The average Bonchev–Trinajstić information content (AvgIpc) is 3.06. The van der Waals surface area contributed by atoms with Crippen LogP contribution >= 0.6 is 0 Å². The number of methoxy groups -OCH3 is 1. The molecule has 2 atom stereocenters. The zero-order valence-electron chi connectivity index (χ0n) is 9.09. The van der Waals surface area contributed by atoms with Crippen LogP contribution in [0, 0.1) is 0 Å². The molecule has 1 aromatic carbocycles. The van der Waals surface area contributed by atoms with Crippen molar-refractivity contribution in [3.8, 4) is 0 Å². The highest BCUT2D eigenvalue weighted by molar-refractivity contribution is 7.92. The lowest BCUT2D eigenvalue weighted by Gasteiger charge is -2.03. The number of alkyl halides is 1. The van der Waals surface area contributed by atoms with E-state index >= 15 is 0 Å². The highest BCUT2D eigenvalue weighted by Crippen LogP contribution is 2.36. The van der Waals surface area contributed by atoms with E-state index in [1.165, 1.54) is 31.4 Å². The van der Waals surface area contributed by atoms with Crippen molar-refractivity contribution in [3.63, 3.8) is 0 Å². The molecule has 1 saturated carbocycles. The lowest BCUT2D eigenvalue weighted by molar-refractivity contribution is 0.0600. The fourth-order valence-electron chi connectivity index (χ4n) is 1.54. The van der Waals surface area contributed by atoms with Crippen LogP contribution in [0.25, 0.3) is 0 Å². The lowest BCUT2D eigenvalue weighted by atomic mass is 10.2. The average molecular weight is 258 g/mol. The van der Waals surface area contributed by atoms with Crippen LogP contribution in [0.3, 0.4) is 0 Å². The van der Waals surface area contributed by atoms with Gasteiger partial charge in [-0.15, -0.1) is 0 Å². The Kier molecular flexibility index (Phi) is 2.91. The standard InChI is InChI=1S/C11H11FO4S/c1-16-11(13)7-2-4-8(5-3-7)17(14,15)10-6-9(10)12/h2-5,9-10H,6H2,1H3/t9-,10-/m1/s1. The predicted octanol–water partition coefficient (Wildman–Crippen LogP) is 1.36. The van der Waals surface area contributed by atoms with Gasteiger partial charge in [0.1, 0.15) is 6.17 Å². The monoisotopic (exact) mass is 258 g/mol. The molecule has 1 fully saturated rings. The maximum absolute atomic E-state index is 12.8. The summed E-state index contributed by atoms with van der Waals surface area (Å²) < 4.78 is 40.9. The first-order chi connectivity index (χ1) is 7.96. The SMILES string of the molecule is COC(=O)c1ccc(S(=O)(=O)[C@@H]2C[C@H]2F)cc1. The van der Waals surface area contributed by atoms with Crippen LogP contribution in [0.5, 0.6) is 0 Å². The number of rotatable bonds is 3. The van der Waals surface area contributed by atoms with E-state index < -0.39 is 27.2 Å². The number of hydrogen-bond donors (Lipinski definition) is 0. The molecule has 0 aliphatic heterocycles. The third-order valence-electron chi connectivity index (χ3n) is 2.66. The molecule has 4 nitrogen and oxygen atoms in total. The second-order valence-electron chi connectivity index (χ2n) is 3.85. The Morgan fingerprint density at radius 2 is 1.88 bits per heavy atom. The fraction of sp³-hybridized carbons (Fsp3) is 0.364. The maximum atomic E-state index is 12.8. The number of carbonyl (C=O) groups excluding carboxylic acids is 1. The first-order valence-electron chi connectivity index (χ1n) is 5.03. The van der Waals surface area contributed by atoms with Crippen LogP contribution in [-0.2, 0) is 14.6 Å². The molecule has 0 unspecified atom stereocenters. The molecule has 6 heteroatoms. The number of halogens is 1. The van der Waals surface area contributed by atoms with E-state index in [1.54, 1.807) is 0 Å². The highest BCUT2D eigenvalue weighted by Gasteiger charge is 2.48. The summed E-state index contributed by atoms with van der Waals surface area (Å²) in [6.45, 7) is 0. The molecule has 92 valence electrons. The van der Waals surface area contributed by atoms with Gasteiger partial charge in [-0.1, -0.05) is 0 Å². The summed E-state index contributed by atoms with van der Waals surface area (Å²) in [5.74, 6) is -0.538. The van der Waals surface area contributed by atoms with Gasteiger partial charge in [-0.25, -0.2) is 17.6 Å². The van der Waals surface area contributed by atoms with E-state index in [-0.39, 0.29) is 16.9 Å². The smallest absolute Gasteiger partial charge is 0.337 e. The van der Waals surface area contributed by atoms with Crippen molar-refractivity contribution in [3.05, 3.63) is 29.8 Å². The van der Waals surface area contributed by atoms with Gasteiger partial charge in [0.25, 0.3) is 0 Å². The number of benzene rings is 1. The minimum Gasteiger partial charge on any atom is -0.465 e. The Bertz CT molecular complexity index is 535. The molecule has 0 aromatic heterocycles. The zero-order valence-corrected chi connectivity index (χ0v) is 9.91. The first kappa shape index (κ1) is 12.0. The van der Waals surface area contributed by atoms with E-state index in [4.69, 9.17) is 0 Å². The Hall–Kier alpha value is -1.43. The second kappa shape index (κ2) is 4.10.